The van der Waals surface area contributed by atoms with Crippen molar-refractivity contribution in [3.63, 3.8) is 0 Å². The van der Waals surface area contributed by atoms with Gasteiger partial charge in [-0.05, 0) is 79.9 Å². The molecule has 5 nitrogen and oxygen atoms in total. The molecule has 1 aromatic carbocycles. The fourth-order valence-electron chi connectivity index (χ4n) is 6.59. The summed E-state index contributed by atoms with van der Waals surface area (Å²) < 4.78 is 0. The molecule has 34 heavy (non-hydrogen) atoms. The van der Waals surface area contributed by atoms with Crippen molar-refractivity contribution in [3.8, 4) is 0 Å². The lowest BCUT2D eigenvalue weighted by Gasteiger charge is -2.48. The average molecular weight is 462 g/mol. The Balaban J connectivity index is 1.74. The topological polar surface area (TPSA) is 69.8 Å². The lowest BCUT2D eigenvalue weighted by Crippen LogP contribution is -2.47. The van der Waals surface area contributed by atoms with Gasteiger partial charge in [-0.15, -0.1) is 0 Å². The van der Waals surface area contributed by atoms with Gasteiger partial charge in [-0.1, -0.05) is 44.5 Å². The highest BCUT2D eigenvalue weighted by atomic mass is 16.3. The maximum Gasteiger partial charge on any atom is 0.251 e. The van der Waals surface area contributed by atoms with Crippen LogP contribution in [0.3, 0.4) is 0 Å². The second-order valence-electron chi connectivity index (χ2n) is 11.1. The van der Waals surface area contributed by atoms with Gasteiger partial charge in [0, 0.05) is 25.3 Å². The highest BCUT2D eigenvalue weighted by Gasteiger charge is 2.50. The predicted molar refractivity (Wildman–Crippen MR) is 137 cm³/mol. The number of carbonyl (C=O) groups excluding carboxylic acids is 1. The lowest BCUT2D eigenvalue weighted by atomic mass is 9.79. The number of piperidine rings is 1. The van der Waals surface area contributed by atoms with Gasteiger partial charge in [0.1, 0.15) is 5.82 Å². The molecule has 3 fully saturated rings. The summed E-state index contributed by atoms with van der Waals surface area (Å²) in [5.41, 5.74) is 12.8. The largest absolute Gasteiger partial charge is 0.396 e. The van der Waals surface area contributed by atoms with Crippen molar-refractivity contribution in [2.24, 2.45) is 23.0 Å². The van der Waals surface area contributed by atoms with Gasteiger partial charge in [-0.25, -0.2) is 0 Å². The molecule has 1 aromatic rings. The van der Waals surface area contributed by atoms with Crippen molar-refractivity contribution in [1.82, 2.24) is 4.90 Å². The molecule has 2 atom stereocenters. The number of primary amides is 1. The van der Waals surface area contributed by atoms with Gasteiger partial charge in [-0.2, -0.15) is 0 Å². The Hall–Kier alpha value is -2.53. The predicted octanol–water partition coefficient (Wildman–Crippen LogP) is 5.02. The van der Waals surface area contributed by atoms with Crippen LogP contribution >= 0.6 is 0 Å². The molecule has 5 heteroatoms. The molecule has 4 aliphatic rings. The van der Waals surface area contributed by atoms with Crippen molar-refractivity contribution >= 4 is 11.6 Å². The molecule has 2 aliphatic heterocycles. The molecule has 182 valence electrons. The lowest BCUT2D eigenvalue weighted by molar-refractivity contribution is -0.114. The maximum atomic E-state index is 13.0. The first-order chi connectivity index (χ1) is 16.4. The number of amides is 1. The number of allylic oxidation sites excluding steroid dienone is 3. The molecule has 2 unspecified atom stereocenters. The first kappa shape index (κ1) is 23.2. The molecule has 1 amide bonds. The second kappa shape index (κ2) is 8.92. The number of aliphatic hydroxyl groups is 1. The molecule has 3 N–H and O–H groups in total. The van der Waals surface area contributed by atoms with Gasteiger partial charge in [0.05, 0.1) is 17.0 Å². The van der Waals surface area contributed by atoms with Gasteiger partial charge in [0.25, 0.3) is 5.91 Å². The Bertz CT molecular complexity index is 1070. The van der Waals surface area contributed by atoms with E-state index in [0.717, 1.165) is 68.6 Å². The molecular formula is C29H39N3O2. The summed E-state index contributed by atoms with van der Waals surface area (Å²) in [5.74, 6) is 1.90. The van der Waals surface area contributed by atoms with Crippen molar-refractivity contribution in [1.29, 1.82) is 0 Å². The number of aryl methyl sites for hydroxylation is 1. The van der Waals surface area contributed by atoms with E-state index in [9.17, 15) is 9.90 Å². The number of unbranched alkanes of at least 4 members (excludes halogenated alkanes) is 1. The van der Waals surface area contributed by atoms with Crippen LogP contribution in [0.15, 0.2) is 58.6 Å². The fraction of sp³-hybridized carbons (Fsp3) is 0.552. The number of aliphatic hydroxyl groups excluding tert-OH is 1. The van der Waals surface area contributed by atoms with E-state index in [-0.39, 0.29) is 17.9 Å². The number of hydrogen-bond acceptors (Lipinski definition) is 4. The van der Waals surface area contributed by atoms with Crippen LogP contribution in [0.2, 0.25) is 0 Å². The van der Waals surface area contributed by atoms with Crippen LogP contribution in [-0.2, 0) is 4.79 Å². The molecule has 2 aliphatic carbocycles. The van der Waals surface area contributed by atoms with E-state index in [2.05, 4.69) is 60.9 Å². The van der Waals surface area contributed by atoms with E-state index < -0.39 is 0 Å². The summed E-state index contributed by atoms with van der Waals surface area (Å²) in [5, 5.41) is 9.98. The third-order valence-electron chi connectivity index (χ3n) is 8.64. The molecule has 5 rings (SSSR count). The van der Waals surface area contributed by atoms with Crippen LogP contribution in [0.5, 0.6) is 0 Å². The zero-order chi connectivity index (χ0) is 24.0. The molecule has 0 radical (unpaired) electrons. The Labute approximate surface area is 204 Å². The van der Waals surface area contributed by atoms with E-state index in [1.165, 1.54) is 29.0 Å². The minimum absolute atomic E-state index is 0.0174. The molecule has 0 aromatic heterocycles. The summed E-state index contributed by atoms with van der Waals surface area (Å²) in [6.07, 6.45) is 9.57. The Morgan fingerprint density at radius 3 is 2.47 bits per heavy atom. The van der Waals surface area contributed by atoms with Gasteiger partial charge in [-0.3, -0.25) is 9.69 Å². The minimum atomic E-state index is -0.300. The third-order valence-corrected chi connectivity index (χ3v) is 8.64. The van der Waals surface area contributed by atoms with E-state index in [4.69, 9.17) is 5.73 Å². The van der Waals surface area contributed by atoms with Crippen LogP contribution in [0.25, 0.3) is 0 Å². The average Bonchev–Trinajstić information content (AvgIpc) is 3.45. The number of para-hydroxylation sites is 1. The summed E-state index contributed by atoms with van der Waals surface area (Å²) in [4.78, 5) is 18.0. The first-order valence-corrected chi connectivity index (χ1v) is 13.1. The number of rotatable bonds is 6. The van der Waals surface area contributed by atoms with Gasteiger partial charge in [0.15, 0.2) is 0 Å². The maximum absolute atomic E-state index is 13.0. The Morgan fingerprint density at radius 2 is 1.85 bits per heavy atom. The number of fused-ring (bicyclic) bond motifs is 5. The molecule has 2 bridgehead atoms. The summed E-state index contributed by atoms with van der Waals surface area (Å²) in [6.45, 7) is 8.58. The second-order valence-corrected chi connectivity index (χ2v) is 11.1. The Morgan fingerprint density at radius 1 is 1.18 bits per heavy atom. The SMILES string of the molecule is CCC/C=C1\C(C(N)=O)=C2C(=C(N3CCC(C)(CO)CC3)N1c1ccccc1C)C1CCC2C1. The van der Waals surface area contributed by atoms with Crippen molar-refractivity contribution in [2.45, 2.75) is 65.7 Å². The number of nitrogens with two attached hydrogens (primary N) is 1. The van der Waals surface area contributed by atoms with E-state index >= 15 is 0 Å². The monoisotopic (exact) mass is 461 g/mol. The highest BCUT2D eigenvalue weighted by Crippen LogP contribution is 2.58. The van der Waals surface area contributed by atoms with Crippen molar-refractivity contribution in [3.05, 3.63) is 64.1 Å². The number of hydrogen-bond donors (Lipinski definition) is 2. The number of nitrogens with zero attached hydrogens (tertiary/aromatic N) is 2. The van der Waals surface area contributed by atoms with Crippen LogP contribution in [0, 0.1) is 24.2 Å². The zero-order valence-electron chi connectivity index (χ0n) is 20.9. The summed E-state index contributed by atoms with van der Waals surface area (Å²) in [6, 6.07) is 8.49. The normalized spacial score (nSPS) is 27.1. The highest BCUT2D eigenvalue weighted by molar-refractivity contribution is 6.01. The minimum Gasteiger partial charge on any atom is -0.396 e. The fourth-order valence-corrected chi connectivity index (χ4v) is 6.59. The van der Waals surface area contributed by atoms with Crippen LogP contribution in [-0.4, -0.2) is 35.6 Å². The standard InChI is InChI=1S/C29H39N3O2/c1-4-5-9-23-26(27(30)34)24-20-11-12-21(17-20)25(24)28(31-15-13-29(3,18-33)14-16-31)32(23)22-10-7-6-8-19(22)2/h6-10,20-21,33H,4-5,11-18H2,1-3H3,(H2,30,34)/b23-9+. The molecule has 2 heterocycles. The number of carbonyl (C=O) groups is 1. The van der Waals surface area contributed by atoms with Crippen LogP contribution in [0.4, 0.5) is 5.69 Å². The van der Waals surface area contributed by atoms with E-state index in [0.29, 0.717) is 11.8 Å². The Kier molecular flexibility index (Phi) is 6.09. The third kappa shape index (κ3) is 3.69. The first-order valence-electron chi connectivity index (χ1n) is 13.1. The van der Waals surface area contributed by atoms with E-state index in [1.54, 1.807) is 0 Å². The number of likely N-dealkylation sites (tertiary alicyclic amines) is 1. The van der Waals surface area contributed by atoms with Gasteiger partial charge < -0.3 is 15.7 Å². The quantitative estimate of drug-likeness (QED) is 0.624. The van der Waals surface area contributed by atoms with Crippen LogP contribution < -0.4 is 10.6 Å². The van der Waals surface area contributed by atoms with Gasteiger partial charge >= 0.3 is 0 Å². The van der Waals surface area contributed by atoms with Crippen molar-refractivity contribution in [2.75, 3.05) is 24.6 Å². The van der Waals surface area contributed by atoms with E-state index in [1.807, 2.05) is 0 Å². The summed E-state index contributed by atoms with van der Waals surface area (Å²) >= 11 is 0. The molecule has 1 saturated heterocycles. The smallest absolute Gasteiger partial charge is 0.251 e. The number of anilines is 1. The van der Waals surface area contributed by atoms with Gasteiger partial charge in [0.2, 0.25) is 0 Å². The molecular weight excluding hydrogens is 422 g/mol. The van der Waals surface area contributed by atoms with Crippen LogP contribution in [0.1, 0.15) is 64.4 Å². The molecule has 2 saturated carbocycles. The molecule has 0 spiro atoms. The summed E-state index contributed by atoms with van der Waals surface area (Å²) in [7, 11) is 0. The zero-order valence-corrected chi connectivity index (χ0v) is 20.9. The van der Waals surface area contributed by atoms with Crippen molar-refractivity contribution < 1.29 is 9.90 Å². The number of benzene rings is 1.